The van der Waals surface area contributed by atoms with Crippen LogP contribution in [-0.4, -0.2) is 0 Å². The van der Waals surface area contributed by atoms with Crippen LogP contribution in [0.2, 0.25) is 0 Å². The maximum Gasteiger partial charge on any atom is 0.150 e. The quantitative estimate of drug-likeness (QED) is 0.683. The molecule has 1 aromatic rings. The van der Waals surface area contributed by atoms with Crippen molar-refractivity contribution in [1.82, 2.24) is 0 Å². The topological polar surface area (TPSA) is 21.3 Å². The zero-order chi connectivity index (χ0) is 8.39. The molecular formula is C10H11NO. The van der Waals surface area contributed by atoms with Crippen LogP contribution in [0.25, 0.3) is 0 Å². The molecule has 0 spiro atoms. The number of ether oxygens (including phenoxy) is 1. The highest BCUT2D eigenvalue weighted by Gasteiger charge is 2.08. The Balaban J connectivity index is 2.31. The molecule has 1 aliphatic rings. The summed E-state index contributed by atoms with van der Waals surface area (Å²) in [5.74, 6) is 0.898. The summed E-state index contributed by atoms with van der Waals surface area (Å²) in [5, 5.41) is 3.28. The highest BCUT2D eigenvalue weighted by atomic mass is 16.5. The second-order valence-electron chi connectivity index (χ2n) is 2.74. The molecule has 1 aromatic carbocycles. The largest absolute Gasteiger partial charge is 0.461 e. The number of allylic oxidation sites excluding steroid dienone is 1. The van der Waals surface area contributed by atoms with E-state index in [1.807, 2.05) is 24.3 Å². The van der Waals surface area contributed by atoms with Crippen LogP contribution in [0.4, 0.5) is 5.69 Å². The van der Waals surface area contributed by atoms with Crippen LogP contribution in [0.3, 0.4) is 0 Å². The predicted octanol–water partition coefficient (Wildman–Crippen LogP) is 2.74. The van der Waals surface area contributed by atoms with Crippen molar-refractivity contribution in [2.45, 2.75) is 13.3 Å². The lowest BCUT2D eigenvalue weighted by Gasteiger charge is -2.17. The Kier molecular flexibility index (Phi) is 1.74. The van der Waals surface area contributed by atoms with Crippen LogP contribution in [-0.2, 0) is 0 Å². The number of benzene rings is 1. The van der Waals surface area contributed by atoms with Crippen molar-refractivity contribution in [3.8, 4) is 5.75 Å². The Morgan fingerprint density at radius 2 is 2.17 bits per heavy atom. The van der Waals surface area contributed by atoms with E-state index in [4.69, 9.17) is 4.74 Å². The van der Waals surface area contributed by atoms with Crippen LogP contribution in [0.5, 0.6) is 5.75 Å². The average molecular weight is 161 g/mol. The summed E-state index contributed by atoms with van der Waals surface area (Å²) in [6.07, 6.45) is 2.73. The molecule has 12 heavy (non-hydrogen) atoms. The van der Waals surface area contributed by atoms with Gasteiger partial charge in [0.2, 0.25) is 0 Å². The maximum absolute atomic E-state index is 5.40. The second-order valence-corrected chi connectivity index (χ2v) is 2.74. The van der Waals surface area contributed by atoms with Crippen LogP contribution >= 0.6 is 0 Å². The SMILES string of the molecule is CCC1=COc2ccccc2N1. The van der Waals surface area contributed by atoms with E-state index in [9.17, 15) is 0 Å². The zero-order valence-corrected chi connectivity index (χ0v) is 7.00. The first kappa shape index (κ1) is 7.22. The molecule has 0 unspecified atom stereocenters. The molecule has 1 N–H and O–H groups in total. The summed E-state index contributed by atoms with van der Waals surface area (Å²) in [7, 11) is 0. The Morgan fingerprint density at radius 3 is 3.00 bits per heavy atom. The lowest BCUT2D eigenvalue weighted by Crippen LogP contribution is -2.06. The molecule has 0 bridgehead atoms. The van der Waals surface area contributed by atoms with Gasteiger partial charge in [-0.15, -0.1) is 0 Å². The molecule has 0 radical (unpaired) electrons. The van der Waals surface area contributed by atoms with Gasteiger partial charge in [-0.05, 0) is 18.6 Å². The first-order chi connectivity index (χ1) is 5.90. The van der Waals surface area contributed by atoms with Gasteiger partial charge in [0.1, 0.15) is 12.0 Å². The molecule has 62 valence electrons. The van der Waals surface area contributed by atoms with Crippen molar-refractivity contribution < 1.29 is 4.74 Å². The highest BCUT2D eigenvalue weighted by molar-refractivity contribution is 5.61. The molecule has 0 saturated carbocycles. The van der Waals surface area contributed by atoms with Crippen LogP contribution < -0.4 is 10.1 Å². The van der Waals surface area contributed by atoms with Gasteiger partial charge in [0, 0.05) is 0 Å². The smallest absolute Gasteiger partial charge is 0.150 e. The summed E-state index contributed by atoms with van der Waals surface area (Å²) < 4.78 is 5.40. The summed E-state index contributed by atoms with van der Waals surface area (Å²) in [5.41, 5.74) is 2.17. The Bertz CT molecular complexity index is 317. The average Bonchev–Trinajstić information content (AvgIpc) is 2.17. The summed E-state index contributed by atoms with van der Waals surface area (Å²) in [6, 6.07) is 7.92. The molecule has 2 heteroatoms. The van der Waals surface area contributed by atoms with E-state index in [0.717, 1.165) is 23.6 Å². The number of anilines is 1. The van der Waals surface area contributed by atoms with E-state index < -0.39 is 0 Å². The minimum Gasteiger partial charge on any atom is -0.461 e. The van der Waals surface area contributed by atoms with Gasteiger partial charge in [0.05, 0.1) is 11.4 Å². The van der Waals surface area contributed by atoms with E-state index in [1.165, 1.54) is 0 Å². The molecule has 1 heterocycles. The van der Waals surface area contributed by atoms with E-state index in [2.05, 4.69) is 12.2 Å². The van der Waals surface area contributed by atoms with Crippen LogP contribution in [0.1, 0.15) is 13.3 Å². The third-order valence-corrected chi connectivity index (χ3v) is 1.89. The Hall–Kier alpha value is -1.44. The van der Waals surface area contributed by atoms with Gasteiger partial charge >= 0.3 is 0 Å². The van der Waals surface area contributed by atoms with Crippen LogP contribution in [0, 0.1) is 0 Å². The van der Waals surface area contributed by atoms with Crippen molar-refractivity contribution in [2.24, 2.45) is 0 Å². The fourth-order valence-corrected chi connectivity index (χ4v) is 1.18. The van der Waals surface area contributed by atoms with E-state index in [0.29, 0.717) is 0 Å². The van der Waals surface area contributed by atoms with Crippen molar-refractivity contribution in [3.05, 3.63) is 36.2 Å². The van der Waals surface area contributed by atoms with Crippen molar-refractivity contribution in [2.75, 3.05) is 5.32 Å². The summed E-state index contributed by atoms with van der Waals surface area (Å²) >= 11 is 0. The van der Waals surface area contributed by atoms with Gasteiger partial charge in [0.15, 0.2) is 0 Å². The number of rotatable bonds is 1. The van der Waals surface area contributed by atoms with Gasteiger partial charge in [-0.1, -0.05) is 19.1 Å². The summed E-state index contributed by atoms with van der Waals surface area (Å²) in [6.45, 7) is 2.09. The summed E-state index contributed by atoms with van der Waals surface area (Å²) in [4.78, 5) is 0. The van der Waals surface area contributed by atoms with E-state index >= 15 is 0 Å². The number of hydrogen-bond donors (Lipinski definition) is 1. The fourth-order valence-electron chi connectivity index (χ4n) is 1.18. The molecule has 0 saturated heterocycles. The normalized spacial score (nSPS) is 13.9. The molecule has 0 aliphatic carbocycles. The van der Waals surface area contributed by atoms with Gasteiger partial charge in [-0.25, -0.2) is 0 Å². The number of para-hydroxylation sites is 2. The minimum atomic E-state index is 0.898. The van der Waals surface area contributed by atoms with E-state index in [-0.39, 0.29) is 0 Å². The standard InChI is InChI=1S/C10H11NO/c1-2-8-7-12-10-6-4-3-5-9(10)11-8/h3-7,11H,2H2,1H3. The van der Waals surface area contributed by atoms with Gasteiger partial charge < -0.3 is 10.1 Å². The molecule has 0 amide bonds. The fraction of sp³-hybridized carbons (Fsp3) is 0.200. The number of nitrogens with one attached hydrogen (secondary N) is 1. The number of hydrogen-bond acceptors (Lipinski definition) is 2. The first-order valence-electron chi connectivity index (χ1n) is 4.12. The molecule has 0 aromatic heterocycles. The molecular weight excluding hydrogens is 150 g/mol. The van der Waals surface area contributed by atoms with Gasteiger partial charge in [-0.3, -0.25) is 0 Å². The lowest BCUT2D eigenvalue weighted by molar-refractivity contribution is 0.468. The Labute approximate surface area is 71.9 Å². The molecule has 1 aliphatic heterocycles. The monoisotopic (exact) mass is 161 g/mol. The van der Waals surface area contributed by atoms with Gasteiger partial charge in [-0.2, -0.15) is 0 Å². The predicted molar refractivity (Wildman–Crippen MR) is 49.1 cm³/mol. The third-order valence-electron chi connectivity index (χ3n) is 1.89. The zero-order valence-electron chi connectivity index (χ0n) is 7.00. The molecule has 0 atom stereocenters. The van der Waals surface area contributed by atoms with Crippen molar-refractivity contribution in [3.63, 3.8) is 0 Å². The highest BCUT2D eigenvalue weighted by Crippen LogP contribution is 2.29. The number of fused-ring (bicyclic) bond motifs is 1. The second kappa shape index (κ2) is 2.89. The minimum absolute atomic E-state index is 0.898. The third kappa shape index (κ3) is 1.16. The van der Waals surface area contributed by atoms with E-state index in [1.54, 1.807) is 6.26 Å². The van der Waals surface area contributed by atoms with Crippen molar-refractivity contribution in [1.29, 1.82) is 0 Å². The Morgan fingerprint density at radius 1 is 1.33 bits per heavy atom. The maximum atomic E-state index is 5.40. The van der Waals surface area contributed by atoms with Crippen molar-refractivity contribution >= 4 is 5.69 Å². The molecule has 0 fully saturated rings. The lowest BCUT2D eigenvalue weighted by atomic mass is 10.2. The molecule has 2 nitrogen and oxygen atoms in total. The van der Waals surface area contributed by atoms with Gasteiger partial charge in [0.25, 0.3) is 0 Å². The van der Waals surface area contributed by atoms with Crippen LogP contribution in [0.15, 0.2) is 36.2 Å². The first-order valence-corrected chi connectivity index (χ1v) is 4.12. The molecule has 2 rings (SSSR count).